The Bertz CT molecular complexity index is 1610. The van der Waals surface area contributed by atoms with Gasteiger partial charge >= 0.3 is 0 Å². The number of piperidine rings is 1. The highest BCUT2D eigenvalue weighted by Crippen LogP contribution is 2.46. The molecule has 36 heavy (non-hydrogen) atoms. The summed E-state index contributed by atoms with van der Waals surface area (Å²) in [5, 5.41) is 0.466. The fraction of sp³-hybridized carbons (Fsp3) is 0.308. The summed E-state index contributed by atoms with van der Waals surface area (Å²) in [5.41, 5.74) is 11.6. The minimum absolute atomic E-state index is 0.284. The molecule has 2 aliphatic rings. The second-order valence-electron chi connectivity index (χ2n) is 9.73. The van der Waals surface area contributed by atoms with Crippen LogP contribution in [0.25, 0.3) is 16.8 Å². The minimum Gasteiger partial charge on any atom is -0.495 e. The van der Waals surface area contributed by atoms with Crippen molar-refractivity contribution in [3.8, 4) is 5.75 Å². The van der Waals surface area contributed by atoms with Crippen LogP contribution in [-0.4, -0.2) is 44.5 Å². The Kier molecular flexibility index (Phi) is 4.94. The van der Waals surface area contributed by atoms with E-state index in [1.807, 2.05) is 30.6 Å². The molecule has 0 atom stereocenters. The topological polar surface area (TPSA) is 94.5 Å². The number of methoxy groups -OCH3 is 1. The van der Waals surface area contributed by atoms with E-state index in [4.69, 9.17) is 32.0 Å². The molecule has 0 unspecified atom stereocenters. The number of nitrogens with zero attached hydrogens (tertiary/aromatic N) is 6. The predicted molar refractivity (Wildman–Crippen MR) is 142 cm³/mol. The van der Waals surface area contributed by atoms with Gasteiger partial charge < -0.3 is 15.4 Å². The van der Waals surface area contributed by atoms with E-state index in [1.54, 1.807) is 13.3 Å². The Balaban J connectivity index is 1.15. The molecule has 0 aromatic carbocycles. The number of aromatic nitrogens is 5. The quantitative estimate of drug-likeness (QED) is 0.360. The second kappa shape index (κ2) is 8.11. The first kappa shape index (κ1) is 21.9. The minimum atomic E-state index is 0.284. The molecule has 0 amide bonds. The summed E-state index contributed by atoms with van der Waals surface area (Å²) in [7, 11) is 1.70. The van der Waals surface area contributed by atoms with Crippen molar-refractivity contribution in [1.29, 1.82) is 0 Å². The van der Waals surface area contributed by atoms with E-state index >= 15 is 0 Å². The SMILES string of the molecule is COc1cnc2c(c1)CC1(CCN(c3nc4ccc(Sc5ccnc(N)c5Cl)c5ncc3n45)CC1)C2. The van der Waals surface area contributed by atoms with Crippen molar-refractivity contribution in [1.82, 2.24) is 24.3 Å². The van der Waals surface area contributed by atoms with Crippen molar-refractivity contribution in [3.05, 3.63) is 59.1 Å². The highest BCUT2D eigenvalue weighted by atomic mass is 35.5. The lowest BCUT2D eigenvalue weighted by Gasteiger charge is -2.39. The summed E-state index contributed by atoms with van der Waals surface area (Å²) >= 11 is 7.93. The van der Waals surface area contributed by atoms with Gasteiger partial charge in [-0.05, 0) is 60.9 Å². The van der Waals surface area contributed by atoms with Crippen LogP contribution in [-0.2, 0) is 12.8 Å². The monoisotopic (exact) mass is 517 g/mol. The summed E-state index contributed by atoms with van der Waals surface area (Å²) in [5.74, 6) is 2.19. The molecule has 8 nitrogen and oxygen atoms in total. The van der Waals surface area contributed by atoms with E-state index in [0.29, 0.717) is 10.8 Å². The van der Waals surface area contributed by atoms with Crippen molar-refractivity contribution < 1.29 is 4.74 Å². The van der Waals surface area contributed by atoms with Gasteiger partial charge in [0.05, 0.1) is 29.4 Å². The van der Waals surface area contributed by atoms with Crippen molar-refractivity contribution in [2.24, 2.45) is 5.41 Å². The summed E-state index contributed by atoms with van der Waals surface area (Å²) in [6.45, 7) is 1.94. The summed E-state index contributed by atoms with van der Waals surface area (Å²) < 4.78 is 7.53. The molecule has 1 saturated heterocycles. The lowest BCUT2D eigenvalue weighted by molar-refractivity contribution is 0.231. The maximum atomic E-state index is 6.39. The third-order valence-electron chi connectivity index (χ3n) is 7.65. The van der Waals surface area contributed by atoms with Crippen LogP contribution in [0, 0.1) is 5.41 Å². The standard InChI is InChI=1S/C26H24ClN7OS/c1-35-16-10-15-11-26(12-17(15)30-13-16)5-8-33(9-6-26)24-18-14-31-25-20(2-3-21(32-24)34(18)25)36-19-4-7-29-23(28)22(19)27/h2-4,7,10,13-14H,5-6,8-9,11-12H2,1H3,(H2,28,29). The highest BCUT2D eigenvalue weighted by Gasteiger charge is 2.41. The van der Waals surface area contributed by atoms with E-state index in [2.05, 4.69) is 25.3 Å². The van der Waals surface area contributed by atoms with Gasteiger partial charge in [0.25, 0.3) is 0 Å². The Morgan fingerprint density at radius 3 is 2.75 bits per heavy atom. The number of pyridine rings is 3. The van der Waals surface area contributed by atoms with Gasteiger partial charge in [-0.15, -0.1) is 0 Å². The molecule has 1 fully saturated rings. The van der Waals surface area contributed by atoms with Crippen LogP contribution >= 0.6 is 23.4 Å². The molecular formula is C26H24ClN7OS. The van der Waals surface area contributed by atoms with Gasteiger partial charge in [-0.1, -0.05) is 23.4 Å². The van der Waals surface area contributed by atoms with Crippen LogP contribution in [0.3, 0.4) is 0 Å². The van der Waals surface area contributed by atoms with Crippen molar-refractivity contribution in [2.45, 2.75) is 35.5 Å². The average molecular weight is 518 g/mol. The molecule has 6 heterocycles. The number of ether oxygens (including phenoxy) is 1. The molecule has 0 radical (unpaired) electrons. The zero-order chi connectivity index (χ0) is 24.4. The lowest BCUT2D eigenvalue weighted by atomic mass is 9.76. The van der Waals surface area contributed by atoms with Gasteiger partial charge in [-0.3, -0.25) is 9.38 Å². The molecule has 2 N–H and O–H groups in total. The first-order chi connectivity index (χ1) is 17.5. The molecule has 7 rings (SSSR count). The molecule has 1 aliphatic heterocycles. The van der Waals surface area contributed by atoms with E-state index in [9.17, 15) is 0 Å². The fourth-order valence-corrected chi connectivity index (χ4v) is 6.89. The smallest absolute Gasteiger partial charge is 0.157 e. The van der Waals surface area contributed by atoms with Gasteiger partial charge in [-0.2, -0.15) is 0 Å². The van der Waals surface area contributed by atoms with Gasteiger partial charge in [0.1, 0.15) is 22.7 Å². The Hall–Kier alpha value is -3.30. The van der Waals surface area contributed by atoms with Crippen molar-refractivity contribution in [2.75, 3.05) is 30.8 Å². The molecule has 5 aromatic rings. The van der Waals surface area contributed by atoms with Crippen LogP contribution in [0.5, 0.6) is 5.75 Å². The first-order valence-electron chi connectivity index (χ1n) is 12.0. The molecule has 5 aromatic heterocycles. The van der Waals surface area contributed by atoms with Crippen molar-refractivity contribution in [3.63, 3.8) is 0 Å². The van der Waals surface area contributed by atoms with E-state index in [1.165, 1.54) is 23.0 Å². The van der Waals surface area contributed by atoms with Crippen LogP contribution < -0.4 is 15.4 Å². The number of hydrogen-bond acceptors (Lipinski definition) is 8. The van der Waals surface area contributed by atoms with E-state index in [0.717, 1.165) is 76.9 Å². The number of rotatable bonds is 4. The molecule has 1 spiro atoms. The summed E-state index contributed by atoms with van der Waals surface area (Å²) in [4.78, 5) is 22.8. The predicted octanol–water partition coefficient (Wildman–Crippen LogP) is 4.89. The third-order valence-corrected chi connectivity index (χ3v) is 9.26. The third kappa shape index (κ3) is 3.37. The summed E-state index contributed by atoms with van der Waals surface area (Å²) in [6.07, 6.45) is 9.80. The second-order valence-corrected chi connectivity index (χ2v) is 11.2. The fourth-order valence-electron chi connectivity index (χ4n) is 5.73. The molecule has 182 valence electrons. The molecule has 10 heteroatoms. The summed E-state index contributed by atoms with van der Waals surface area (Å²) in [6, 6.07) is 8.13. The normalized spacial score (nSPS) is 16.9. The number of hydrogen-bond donors (Lipinski definition) is 1. The number of nitrogens with two attached hydrogens (primary N) is 1. The number of anilines is 2. The Morgan fingerprint density at radius 2 is 1.92 bits per heavy atom. The number of nitrogen functional groups attached to an aromatic ring is 1. The largest absolute Gasteiger partial charge is 0.495 e. The van der Waals surface area contributed by atoms with Gasteiger partial charge in [-0.25, -0.2) is 15.0 Å². The Morgan fingerprint density at radius 1 is 1.06 bits per heavy atom. The van der Waals surface area contributed by atoms with Crippen LogP contribution in [0.4, 0.5) is 11.6 Å². The van der Waals surface area contributed by atoms with Gasteiger partial charge in [0.2, 0.25) is 0 Å². The average Bonchev–Trinajstić information content (AvgIpc) is 3.59. The number of fused-ring (bicyclic) bond motifs is 1. The van der Waals surface area contributed by atoms with Crippen molar-refractivity contribution >= 4 is 51.8 Å². The number of imidazole rings is 2. The first-order valence-corrected chi connectivity index (χ1v) is 13.2. The van der Waals surface area contributed by atoms with Gasteiger partial charge in [0.15, 0.2) is 11.5 Å². The molecular weight excluding hydrogens is 494 g/mol. The maximum Gasteiger partial charge on any atom is 0.157 e. The Labute approximate surface area is 217 Å². The zero-order valence-corrected chi connectivity index (χ0v) is 21.3. The molecule has 1 aliphatic carbocycles. The zero-order valence-electron chi connectivity index (χ0n) is 19.7. The van der Waals surface area contributed by atoms with Crippen LogP contribution in [0.2, 0.25) is 5.02 Å². The molecule has 0 saturated carbocycles. The lowest BCUT2D eigenvalue weighted by Crippen LogP contribution is -2.41. The highest BCUT2D eigenvalue weighted by molar-refractivity contribution is 7.99. The van der Waals surface area contributed by atoms with Gasteiger partial charge in [0, 0.05) is 29.9 Å². The van der Waals surface area contributed by atoms with Crippen LogP contribution in [0.1, 0.15) is 24.1 Å². The van der Waals surface area contributed by atoms with E-state index < -0.39 is 0 Å². The maximum absolute atomic E-state index is 6.39. The number of halogens is 1. The van der Waals surface area contributed by atoms with Crippen LogP contribution in [0.15, 0.2) is 52.6 Å². The van der Waals surface area contributed by atoms with E-state index in [-0.39, 0.29) is 5.41 Å². The molecule has 0 bridgehead atoms.